The minimum absolute atomic E-state index is 0. The molecule has 0 aromatic carbocycles. The fourth-order valence-corrected chi connectivity index (χ4v) is 3.58. The van der Waals surface area contributed by atoms with Gasteiger partial charge in [-0.2, -0.15) is 0 Å². The third kappa shape index (κ3) is 2.47. The van der Waals surface area contributed by atoms with Gasteiger partial charge in [0.25, 0.3) is 5.91 Å². The van der Waals surface area contributed by atoms with Gasteiger partial charge in [-0.05, 0) is 13.3 Å². The van der Waals surface area contributed by atoms with E-state index in [2.05, 4.69) is 11.9 Å². The quantitative estimate of drug-likeness (QED) is 0.333. The fourth-order valence-electron chi connectivity index (χ4n) is 1.99. The van der Waals surface area contributed by atoms with Gasteiger partial charge in [0, 0.05) is 5.70 Å². The van der Waals surface area contributed by atoms with E-state index >= 15 is 0 Å². The van der Waals surface area contributed by atoms with E-state index in [0.717, 1.165) is 11.8 Å². The third-order valence-electron chi connectivity index (χ3n) is 3.27. The zero-order chi connectivity index (χ0) is 13.7. The van der Waals surface area contributed by atoms with Crippen LogP contribution >= 0.6 is 24.0 Å². The molecule has 5 nitrogen and oxygen atoms in total. The summed E-state index contributed by atoms with van der Waals surface area (Å²) in [6, 6.07) is -0.458. The molecule has 2 fully saturated rings. The summed E-state index contributed by atoms with van der Waals surface area (Å²) in [7, 11) is 0. The number of thiocarbonyl (C=S) groups is 1. The van der Waals surface area contributed by atoms with Crippen molar-refractivity contribution in [2.45, 2.75) is 36.4 Å². The largest absolute Gasteiger partial charge is 1.00 e. The molecule has 0 saturated carbocycles. The van der Waals surface area contributed by atoms with Gasteiger partial charge in [-0.3, -0.25) is 9.69 Å². The average molecular weight is 308 g/mol. The second-order valence-corrected chi connectivity index (χ2v) is 6.41. The van der Waals surface area contributed by atoms with Crippen LogP contribution in [0.5, 0.6) is 0 Å². The van der Waals surface area contributed by atoms with Crippen LogP contribution < -0.4 is 40.0 Å². The normalized spacial score (nSPS) is 32.2. The van der Waals surface area contributed by atoms with Crippen LogP contribution in [0, 0.1) is 0 Å². The Bertz CT molecular complexity index is 471. The van der Waals surface area contributed by atoms with E-state index in [4.69, 9.17) is 12.2 Å². The number of rotatable bonds is 3. The second kappa shape index (κ2) is 5.73. The van der Waals surface area contributed by atoms with Crippen LogP contribution in [0.1, 0.15) is 20.3 Å². The maximum atomic E-state index is 11.9. The molecule has 2 heterocycles. The zero-order valence-corrected chi connectivity index (χ0v) is 14.7. The van der Waals surface area contributed by atoms with Crippen LogP contribution in [-0.4, -0.2) is 37.9 Å². The molecule has 8 heteroatoms. The first-order valence-electron chi connectivity index (χ1n) is 5.54. The van der Waals surface area contributed by atoms with Gasteiger partial charge in [0.2, 0.25) is 0 Å². The van der Waals surface area contributed by atoms with E-state index in [1.54, 1.807) is 0 Å². The topological polar surface area (TPSA) is 72.5 Å². The third-order valence-corrected chi connectivity index (χ3v) is 5.27. The summed E-state index contributed by atoms with van der Waals surface area (Å²) in [6.07, 6.45) is 0.648. The number of carboxylic acid groups (broad SMARTS) is 1. The number of nitrogens with zero attached hydrogens (tertiary/aromatic N) is 1. The van der Waals surface area contributed by atoms with Crippen molar-refractivity contribution in [1.29, 1.82) is 0 Å². The number of β-lactam (4-membered cyclic amide) rings is 1. The Balaban J connectivity index is 0.00000180. The monoisotopic (exact) mass is 308 g/mol. The number of carbonyl (C=O) groups is 2. The van der Waals surface area contributed by atoms with E-state index < -0.39 is 16.8 Å². The van der Waals surface area contributed by atoms with E-state index in [0.29, 0.717) is 11.4 Å². The van der Waals surface area contributed by atoms with Crippen molar-refractivity contribution < 1.29 is 44.3 Å². The van der Waals surface area contributed by atoms with Crippen molar-refractivity contribution in [2.75, 3.05) is 0 Å². The second-order valence-electron chi connectivity index (χ2n) is 4.38. The van der Waals surface area contributed by atoms with Gasteiger partial charge in [-0.25, -0.2) is 0 Å². The number of carboxylic acids is 1. The molecular weight excluding hydrogens is 295 g/mol. The van der Waals surface area contributed by atoms with Gasteiger partial charge in [-0.15, -0.1) is 11.8 Å². The van der Waals surface area contributed by atoms with Crippen LogP contribution in [0.4, 0.5) is 0 Å². The summed E-state index contributed by atoms with van der Waals surface area (Å²) in [5, 5.41) is 13.9. The first-order valence-corrected chi connectivity index (χ1v) is 6.82. The van der Waals surface area contributed by atoms with Crippen LogP contribution in [0.15, 0.2) is 12.3 Å². The van der Waals surface area contributed by atoms with Crippen molar-refractivity contribution in [3.05, 3.63) is 12.3 Å². The van der Waals surface area contributed by atoms with Gasteiger partial charge < -0.3 is 15.2 Å². The summed E-state index contributed by atoms with van der Waals surface area (Å²) in [5.41, 5.74) is 0.281. The molecule has 2 rings (SSSR count). The Morgan fingerprint density at radius 2 is 2.26 bits per heavy atom. The van der Waals surface area contributed by atoms with Gasteiger partial charge >= 0.3 is 29.6 Å². The molecule has 2 saturated heterocycles. The molecule has 19 heavy (non-hydrogen) atoms. The number of amides is 1. The zero-order valence-electron chi connectivity index (χ0n) is 11.1. The maximum absolute atomic E-state index is 11.9. The summed E-state index contributed by atoms with van der Waals surface area (Å²) in [6.45, 7) is 7.10. The van der Waals surface area contributed by atoms with Crippen LogP contribution in [0.2, 0.25) is 0 Å². The van der Waals surface area contributed by atoms with Gasteiger partial charge in [-0.1, -0.05) is 25.7 Å². The average Bonchev–Trinajstić information content (AvgIpc) is 2.57. The molecular formula is C11H13N2NaO3S2. The van der Waals surface area contributed by atoms with Crippen molar-refractivity contribution in [3.63, 3.8) is 0 Å². The molecule has 1 amide bonds. The first kappa shape index (κ1) is 17.0. The Morgan fingerprint density at radius 3 is 2.74 bits per heavy atom. The van der Waals surface area contributed by atoms with Crippen molar-refractivity contribution in [1.82, 2.24) is 10.2 Å². The SMILES string of the molecule is C=C1N2C(=O)C(NC(=S)CC)[C@H]2SC1(C)C(=O)[O-].[Na+]. The Labute approximate surface area is 143 Å². The number of hydrogen-bond acceptors (Lipinski definition) is 5. The molecule has 0 spiro atoms. The number of nitrogens with one attached hydrogen (secondary N) is 1. The number of aliphatic carboxylic acids is 1. The minimum Gasteiger partial charge on any atom is -0.548 e. The fraction of sp³-hybridized carbons (Fsp3) is 0.545. The molecule has 1 N–H and O–H groups in total. The molecule has 2 aliphatic heterocycles. The minimum atomic E-state index is -1.25. The van der Waals surface area contributed by atoms with Crippen LogP contribution in [0.3, 0.4) is 0 Å². The van der Waals surface area contributed by atoms with Crippen molar-refractivity contribution >= 4 is 40.8 Å². The van der Waals surface area contributed by atoms with Gasteiger partial charge in [0.1, 0.15) is 11.4 Å². The Hall–Kier alpha value is -0.0800. The number of fused-ring (bicyclic) bond motifs is 1. The summed E-state index contributed by atoms with van der Waals surface area (Å²) in [5.74, 6) is -1.41. The van der Waals surface area contributed by atoms with E-state index in [-0.39, 0.29) is 46.5 Å². The van der Waals surface area contributed by atoms with E-state index in [1.165, 1.54) is 11.8 Å². The molecule has 0 bridgehead atoms. The van der Waals surface area contributed by atoms with Gasteiger partial charge in [0.05, 0.1) is 15.7 Å². The van der Waals surface area contributed by atoms with E-state index in [9.17, 15) is 14.7 Å². The first-order chi connectivity index (χ1) is 8.32. The molecule has 3 atom stereocenters. The molecule has 2 aliphatic rings. The van der Waals surface area contributed by atoms with E-state index in [1.807, 2.05) is 6.92 Å². The molecule has 0 radical (unpaired) electrons. The number of hydrogen-bond donors (Lipinski definition) is 1. The number of carbonyl (C=O) groups excluding carboxylic acids is 2. The maximum Gasteiger partial charge on any atom is 1.00 e. The molecule has 2 unspecified atom stereocenters. The summed E-state index contributed by atoms with van der Waals surface area (Å²) in [4.78, 5) is 25.1. The molecule has 0 aromatic rings. The Morgan fingerprint density at radius 1 is 1.68 bits per heavy atom. The smallest absolute Gasteiger partial charge is 0.548 e. The van der Waals surface area contributed by atoms with Gasteiger partial charge in [0.15, 0.2) is 0 Å². The number of thioether (sulfide) groups is 1. The predicted molar refractivity (Wildman–Crippen MR) is 70.6 cm³/mol. The summed E-state index contributed by atoms with van der Waals surface area (Å²) < 4.78 is -1.25. The van der Waals surface area contributed by atoms with Crippen LogP contribution in [-0.2, 0) is 9.59 Å². The summed E-state index contributed by atoms with van der Waals surface area (Å²) >= 11 is 6.21. The van der Waals surface area contributed by atoms with Crippen LogP contribution in [0.25, 0.3) is 0 Å². The molecule has 0 aromatic heterocycles. The Kier molecular flexibility index (Phi) is 5.12. The van der Waals surface area contributed by atoms with Crippen molar-refractivity contribution in [3.8, 4) is 0 Å². The molecule has 98 valence electrons. The predicted octanol–water partition coefficient (Wildman–Crippen LogP) is -3.38. The molecule has 0 aliphatic carbocycles. The van der Waals surface area contributed by atoms with Crippen molar-refractivity contribution in [2.24, 2.45) is 0 Å². The standard InChI is InChI=1S/C11H14N2O3S2.Na/c1-4-6(17)12-7-8(14)13-5(2)11(3,10(15)16)18-9(7)13;/h7,9H,2,4H2,1,3H3,(H,12,17)(H,15,16);/q;+1/p-1/t7?,9-,11?;/m1./s1.